The standard InChI is InChI=1S/C23H23ClN6O4/c1-4-30-21(23(32)27-17-11-25-29(3)14(17)2)18(12-26-30)28-22(31)20-10-9-15(34-20)13-33-19-8-6-5-7-16(19)24/h5-12H,4,13H2,1-3H3,(H,27,32)(H,28,31). The maximum Gasteiger partial charge on any atom is 0.291 e. The molecule has 0 atom stereocenters. The molecule has 0 saturated carbocycles. The first-order valence-corrected chi connectivity index (χ1v) is 10.9. The second kappa shape index (κ2) is 9.84. The van der Waals surface area contributed by atoms with Gasteiger partial charge < -0.3 is 19.8 Å². The van der Waals surface area contributed by atoms with Gasteiger partial charge in [0.15, 0.2) is 5.76 Å². The van der Waals surface area contributed by atoms with E-state index in [1.165, 1.54) is 16.9 Å². The molecule has 4 aromatic rings. The van der Waals surface area contributed by atoms with Crippen molar-refractivity contribution in [3.8, 4) is 5.75 Å². The lowest BCUT2D eigenvalue weighted by molar-refractivity contribution is 0.0992. The second-order valence-electron chi connectivity index (χ2n) is 7.38. The van der Waals surface area contributed by atoms with Gasteiger partial charge in [-0.15, -0.1) is 0 Å². The fourth-order valence-electron chi connectivity index (χ4n) is 3.23. The molecule has 0 bridgehead atoms. The Labute approximate surface area is 200 Å². The Morgan fingerprint density at radius 2 is 1.79 bits per heavy atom. The van der Waals surface area contributed by atoms with Crippen molar-refractivity contribution >= 4 is 34.8 Å². The third kappa shape index (κ3) is 4.81. The lowest BCUT2D eigenvalue weighted by Crippen LogP contribution is -2.21. The predicted molar refractivity (Wildman–Crippen MR) is 126 cm³/mol. The maximum absolute atomic E-state index is 13.0. The molecule has 10 nitrogen and oxygen atoms in total. The zero-order chi connectivity index (χ0) is 24.2. The number of benzene rings is 1. The molecule has 0 saturated heterocycles. The van der Waals surface area contributed by atoms with Crippen LogP contribution in [0.15, 0.2) is 53.2 Å². The minimum Gasteiger partial charge on any atom is -0.484 e. The highest BCUT2D eigenvalue weighted by Gasteiger charge is 2.22. The number of carbonyl (C=O) groups excluding carboxylic acids is 2. The minimum absolute atomic E-state index is 0.0662. The molecular formula is C23H23ClN6O4. The van der Waals surface area contributed by atoms with Crippen molar-refractivity contribution in [1.29, 1.82) is 0 Å². The molecule has 0 spiro atoms. The van der Waals surface area contributed by atoms with Gasteiger partial charge in [-0.25, -0.2) is 0 Å². The number of hydrogen-bond donors (Lipinski definition) is 2. The summed E-state index contributed by atoms with van der Waals surface area (Å²) in [6, 6.07) is 10.2. The molecule has 0 radical (unpaired) electrons. The summed E-state index contributed by atoms with van der Waals surface area (Å²) in [4.78, 5) is 25.8. The van der Waals surface area contributed by atoms with E-state index >= 15 is 0 Å². The summed E-state index contributed by atoms with van der Waals surface area (Å²) in [5, 5.41) is 14.3. The zero-order valence-corrected chi connectivity index (χ0v) is 19.6. The van der Waals surface area contributed by atoms with E-state index in [-0.39, 0.29) is 23.7 Å². The smallest absolute Gasteiger partial charge is 0.291 e. The SMILES string of the molecule is CCn1ncc(NC(=O)c2ccc(COc3ccccc3Cl)o2)c1C(=O)Nc1cnn(C)c1C. The molecule has 0 aliphatic carbocycles. The Hall–Kier alpha value is -4.05. The molecule has 34 heavy (non-hydrogen) atoms. The van der Waals surface area contributed by atoms with Gasteiger partial charge in [0.25, 0.3) is 11.8 Å². The van der Waals surface area contributed by atoms with E-state index < -0.39 is 11.8 Å². The molecule has 1 aromatic carbocycles. The van der Waals surface area contributed by atoms with E-state index in [4.69, 9.17) is 20.8 Å². The second-order valence-corrected chi connectivity index (χ2v) is 7.79. The topological polar surface area (TPSA) is 116 Å². The Morgan fingerprint density at radius 3 is 2.50 bits per heavy atom. The molecule has 0 aliphatic rings. The van der Waals surface area contributed by atoms with Gasteiger partial charge >= 0.3 is 0 Å². The van der Waals surface area contributed by atoms with Gasteiger partial charge in [-0.1, -0.05) is 23.7 Å². The van der Waals surface area contributed by atoms with Crippen LogP contribution in [0.2, 0.25) is 5.02 Å². The van der Waals surface area contributed by atoms with E-state index in [1.54, 1.807) is 42.2 Å². The van der Waals surface area contributed by atoms with Gasteiger partial charge in [-0.2, -0.15) is 10.2 Å². The molecule has 2 amide bonds. The highest BCUT2D eigenvalue weighted by Crippen LogP contribution is 2.25. The molecule has 176 valence electrons. The summed E-state index contributed by atoms with van der Waals surface area (Å²) < 4.78 is 14.4. The number of hydrogen-bond acceptors (Lipinski definition) is 6. The fourth-order valence-corrected chi connectivity index (χ4v) is 3.42. The normalized spacial score (nSPS) is 10.8. The highest BCUT2D eigenvalue weighted by molar-refractivity contribution is 6.32. The van der Waals surface area contributed by atoms with Crippen molar-refractivity contribution in [2.24, 2.45) is 7.05 Å². The number of nitrogens with zero attached hydrogens (tertiary/aromatic N) is 4. The predicted octanol–water partition coefficient (Wildman–Crippen LogP) is 4.27. The summed E-state index contributed by atoms with van der Waals surface area (Å²) in [5.41, 5.74) is 1.84. The summed E-state index contributed by atoms with van der Waals surface area (Å²) in [7, 11) is 1.78. The number of halogens is 1. The van der Waals surface area contributed by atoms with Crippen LogP contribution in [-0.2, 0) is 20.2 Å². The van der Waals surface area contributed by atoms with Crippen LogP contribution in [0.3, 0.4) is 0 Å². The Morgan fingerprint density at radius 1 is 1.06 bits per heavy atom. The lowest BCUT2D eigenvalue weighted by atomic mass is 10.3. The molecule has 3 aromatic heterocycles. The van der Waals surface area contributed by atoms with Gasteiger partial charge in [0.1, 0.15) is 23.8 Å². The van der Waals surface area contributed by atoms with Crippen molar-refractivity contribution in [1.82, 2.24) is 19.6 Å². The molecule has 2 N–H and O–H groups in total. The van der Waals surface area contributed by atoms with Crippen molar-refractivity contribution in [2.45, 2.75) is 27.0 Å². The van der Waals surface area contributed by atoms with E-state index in [9.17, 15) is 9.59 Å². The molecular weight excluding hydrogens is 460 g/mol. The molecule has 3 heterocycles. The number of furan rings is 1. The van der Waals surface area contributed by atoms with Gasteiger partial charge in [0, 0.05) is 13.6 Å². The number of amides is 2. The van der Waals surface area contributed by atoms with E-state index in [0.717, 1.165) is 5.69 Å². The van der Waals surface area contributed by atoms with Crippen molar-refractivity contribution < 1.29 is 18.7 Å². The number of nitrogens with one attached hydrogen (secondary N) is 2. The number of aryl methyl sites for hydroxylation is 2. The molecule has 0 unspecified atom stereocenters. The van der Waals surface area contributed by atoms with Crippen LogP contribution in [0.5, 0.6) is 5.75 Å². The van der Waals surface area contributed by atoms with E-state index in [1.807, 2.05) is 19.9 Å². The fraction of sp³-hybridized carbons (Fsp3) is 0.217. The van der Waals surface area contributed by atoms with E-state index in [2.05, 4.69) is 20.8 Å². The van der Waals surface area contributed by atoms with Gasteiger partial charge in [-0.3, -0.25) is 19.0 Å². The largest absolute Gasteiger partial charge is 0.484 e. The summed E-state index contributed by atoms with van der Waals surface area (Å²) in [6.07, 6.45) is 2.99. The zero-order valence-electron chi connectivity index (χ0n) is 18.8. The van der Waals surface area contributed by atoms with E-state index in [0.29, 0.717) is 28.8 Å². The van der Waals surface area contributed by atoms with Crippen LogP contribution in [0.25, 0.3) is 0 Å². The average Bonchev–Trinajstić information content (AvgIpc) is 3.54. The Balaban J connectivity index is 1.46. The van der Waals surface area contributed by atoms with Crippen LogP contribution in [0.1, 0.15) is 39.4 Å². The van der Waals surface area contributed by atoms with Crippen molar-refractivity contribution in [2.75, 3.05) is 10.6 Å². The summed E-state index contributed by atoms with van der Waals surface area (Å²) in [6.45, 7) is 4.23. The monoisotopic (exact) mass is 482 g/mol. The summed E-state index contributed by atoms with van der Waals surface area (Å²) in [5.74, 6) is 0.0825. The number of anilines is 2. The first kappa shape index (κ1) is 23.1. The minimum atomic E-state index is -0.522. The van der Waals surface area contributed by atoms with Crippen LogP contribution < -0.4 is 15.4 Å². The Kier molecular flexibility index (Phi) is 6.69. The molecule has 0 fully saturated rings. The van der Waals surface area contributed by atoms with Crippen LogP contribution in [-0.4, -0.2) is 31.4 Å². The Bertz CT molecular complexity index is 1340. The van der Waals surface area contributed by atoms with Crippen molar-refractivity contribution in [3.05, 3.63) is 76.7 Å². The average molecular weight is 483 g/mol. The first-order valence-electron chi connectivity index (χ1n) is 10.5. The van der Waals surface area contributed by atoms with Crippen LogP contribution >= 0.6 is 11.6 Å². The van der Waals surface area contributed by atoms with Crippen molar-refractivity contribution in [3.63, 3.8) is 0 Å². The number of rotatable bonds is 8. The van der Waals surface area contributed by atoms with Crippen LogP contribution in [0.4, 0.5) is 11.4 Å². The number of carbonyl (C=O) groups is 2. The third-order valence-corrected chi connectivity index (χ3v) is 5.49. The lowest BCUT2D eigenvalue weighted by Gasteiger charge is -2.09. The number of aromatic nitrogens is 4. The molecule has 0 aliphatic heterocycles. The van der Waals surface area contributed by atoms with Gasteiger partial charge in [-0.05, 0) is 38.1 Å². The molecule has 11 heteroatoms. The third-order valence-electron chi connectivity index (χ3n) is 5.18. The quantitative estimate of drug-likeness (QED) is 0.387. The van der Waals surface area contributed by atoms with Crippen LogP contribution in [0, 0.1) is 6.92 Å². The molecule has 4 rings (SSSR count). The highest BCUT2D eigenvalue weighted by atomic mass is 35.5. The van der Waals surface area contributed by atoms with Gasteiger partial charge in [0.2, 0.25) is 0 Å². The summed E-state index contributed by atoms with van der Waals surface area (Å²) >= 11 is 6.09. The number of ether oxygens (including phenoxy) is 1. The van der Waals surface area contributed by atoms with Gasteiger partial charge in [0.05, 0.1) is 34.5 Å². The number of para-hydroxylation sites is 1. The first-order chi connectivity index (χ1) is 16.4. The maximum atomic E-state index is 13.0.